The van der Waals surface area contributed by atoms with Crippen LogP contribution in [0.1, 0.15) is 52.4 Å². The second kappa shape index (κ2) is 5.87. The van der Waals surface area contributed by atoms with Gasteiger partial charge in [-0.05, 0) is 56.9 Å². The topological polar surface area (TPSA) is 29.3 Å². The summed E-state index contributed by atoms with van der Waals surface area (Å²) < 4.78 is 0. The van der Waals surface area contributed by atoms with Crippen LogP contribution in [-0.4, -0.2) is 29.5 Å². The second-order valence-corrected chi connectivity index (χ2v) is 7.44. The number of rotatable bonds is 9. The first-order valence-electron chi connectivity index (χ1n) is 7.49. The average molecular weight is 268 g/mol. The van der Waals surface area contributed by atoms with Crippen LogP contribution in [-0.2, 0) is 0 Å². The first-order valence-corrected chi connectivity index (χ1v) is 7.90. The molecule has 0 heterocycles. The number of thiocarbonyl (C=S) groups is 1. The van der Waals surface area contributed by atoms with Gasteiger partial charge >= 0.3 is 0 Å². The minimum atomic E-state index is 0.0279. The molecule has 0 atom stereocenters. The van der Waals surface area contributed by atoms with Crippen LogP contribution in [0.5, 0.6) is 0 Å². The third-order valence-corrected chi connectivity index (χ3v) is 4.92. The van der Waals surface area contributed by atoms with E-state index in [0.29, 0.717) is 4.99 Å². The lowest BCUT2D eigenvalue weighted by Crippen LogP contribution is -2.33. The molecule has 2 nitrogen and oxygen atoms in total. The highest BCUT2D eigenvalue weighted by Gasteiger charge is 2.29. The Kier molecular flexibility index (Phi) is 4.65. The number of hydrogen-bond donors (Lipinski definition) is 1. The quantitative estimate of drug-likeness (QED) is 0.651. The molecular weight excluding hydrogens is 240 g/mol. The van der Waals surface area contributed by atoms with Gasteiger partial charge in [-0.15, -0.1) is 0 Å². The molecule has 3 heteroatoms. The van der Waals surface area contributed by atoms with Crippen molar-refractivity contribution < 1.29 is 0 Å². The van der Waals surface area contributed by atoms with Crippen LogP contribution in [0.4, 0.5) is 0 Å². The van der Waals surface area contributed by atoms with Crippen molar-refractivity contribution in [2.45, 2.75) is 52.4 Å². The van der Waals surface area contributed by atoms with E-state index in [2.05, 4.69) is 18.7 Å². The molecule has 2 fully saturated rings. The van der Waals surface area contributed by atoms with Gasteiger partial charge in [0.2, 0.25) is 0 Å². The monoisotopic (exact) mass is 268 g/mol. The fourth-order valence-corrected chi connectivity index (χ4v) is 2.56. The molecule has 2 aliphatic rings. The summed E-state index contributed by atoms with van der Waals surface area (Å²) in [5, 5.41) is 0. The predicted octanol–water partition coefficient (Wildman–Crippen LogP) is 3.20. The van der Waals surface area contributed by atoms with E-state index in [1.807, 2.05) is 0 Å². The van der Waals surface area contributed by atoms with Crippen molar-refractivity contribution in [2.24, 2.45) is 23.0 Å². The van der Waals surface area contributed by atoms with Crippen molar-refractivity contribution in [3.8, 4) is 0 Å². The molecule has 104 valence electrons. The van der Waals surface area contributed by atoms with Gasteiger partial charge in [-0.2, -0.15) is 0 Å². The van der Waals surface area contributed by atoms with Crippen molar-refractivity contribution in [2.75, 3.05) is 19.6 Å². The van der Waals surface area contributed by atoms with E-state index in [9.17, 15) is 0 Å². The molecule has 0 aliphatic heterocycles. The highest BCUT2D eigenvalue weighted by atomic mass is 32.1. The normalized spacial score (nSPS) is 20.4. The molecule has 2 aliphatic carbocycles. The first kappa shape index (κ1) is 14.3. The second-order valence-electron chi connectivity index (χ2n) is 7.00. The molecule has 18 heavy (non-hydrogen) atoms. The minimum absolute atomic E-state index is 0.0279. The molecule has 0 bridgehead atoms. The zero-order chi connectivity index (χ0) is 13.2. The largest absolute Gasteiger partial charge is 0.393 e. The first-order chi connectivity index (χ1) is 8.47. The van der Waals surface area contributed by atoms with Crippen LogP contribution >= 0.6 is 12.2 Å². The third-order valence-electron chi connectivity index (χ3n) is 4.37. The zero-order valence-corrected chi connectivity index (χ0v) is 12.8. The molecule has 0 radical (unpaired) electrons. The molecule has 0 aromatic rings. The summed E-state index contributed by atoms with van der Waals surface area (Å²) in [4.78, 5) is 3.36. The van der Waals surface area contributed by atoms with Gasteiger partial charge in [-0.1, -0.05) is 26.1 Å². The Morgan fingerprint density at radius 3 is 2.06 bits per heavy atom. The molecule has 0 aromatic heterocycles. The summed E-state index contributed by atoms with van der Waals surface area (Å²) in [6, 6.07) is 0. The number of nitrogens with zero attached hydrogens (tertiary/aromatic N) is 1. The highest BCUT2D eigenvalue weighted by molar-refractivity contribution is 7.80. The van der Waals surface area contributed by atoms with Crippen LogP contribution in [0, 0.1) is 17.3 Å². The summed E-state index contributed by atoms with van der Waals surface area (Å²) in [5.74, 6) is 2.01. The van der Waals surface area contributed by atoms with E-state index in [4.69, 9.17) is 18.0 Å². The van der Waals surface area contributed by atoms with Gasteiger partial charge in [-0.3, -0.25) is 0 Å². The van der Waals surface area contributed by atoms with Crippen LogP contribution in [0.3, 0.4) is 0 Å². The fraction of sp³-hybridized carbons (Fsp3) is 0.933. The molecule has 2 N–H and O–H groups in total. The summed E-state index contributed by atoms with van der Waals surface area (Å²) in [5.41, 5.74) is 5.81. The van der Waals surface area contributed by atoms with Gasteiger partial charge in [0.1, 0.15) is 0 Å². The minimum Gasteiger partial charge on any atom is -0.393 e. The molecule has 0 aromatic carbocycles. The van der Waals surface area contributed by atoms with Gasteiger partial charge in [0.25, 0.3) is 0 Å². The van der Waals surface area contributed by atoms with E-state index in [0.717, 1.165) is 18.3 Å². The molecule has 0 amide bonds. The Labute approximate surface area is 117 Å². The maximum Gasteiger partial charge on any atom is 0.0784 e. The van der Waals surface area contributed by atoms with Crippen molar-refractivity contribution >= 4 is 17.2 Å². The van der Waals surface area contributed by atoms with Crippen LogP contribution in [0.25, 0.3) is 0 Å². The summed E-state index contributed by atoms with van der Waals surface area (Å²) in [6.45, 7) is 8.25. The molecule has 0 saturated heterocycles. The van der Waals surface area contributed by atoms with Gasteiger partial charge in [-0.25, -0.2) is 0 Å². The van der Waals surface area contributed by atoms with Gasteiger partial charge < -0.3 is 10.6 Å². The average Bonchev–Trinajstić information content (AvgIpc) is 3.12. The van der Waals surface area contributed by atoms with Crippen molar-refractivity contribution in [1.82, 2.24) is 4.90 Å². The lowest BCUT2D eigenvalue weighted by Gasteiger charge is -2.26. The Bertz CT molecular complexity index is 279. The number of hydrogen-bond acceptors (Lipinski definition) is 2. The Balaban J connectivity index is 1.68. The van der Waals surface area contributed by atoms with E-state index in [-0.39, 0.29) is 5.41 Å². The number of nitrogens with two attached hydrogens (primary N) is 1. The fourth-order valence-electron chi connectivity index (χ4n) is 2.46. The van der Waals surface area contributed by atoms with E-state index >= 15 is 0 Å². The Morgan fingerprint density at radius 1 is 1.17 bits per heavy atom. The van der Waals surface area contributed by atoms with Crippen LogP contribution in [0.15, 0.2) is 0 Å². The molecule has 0 spiro atoms. The third kappa shape index (κ3) is 4.85. The molecule has 2 rings (SSSR count). The zero-order valence-electron chi connectivity index (χ0n) is 12.0. The maximum absolute atomic E-state index is 5.79. The summed E-state index contributed by atoms with van der Waals surface area (Å²) >= 11 is 5.13. The lowest BCUT2D eigenvalue weighted by atomic mass is 9.88. The molecule has 2 saturated carbocycles. The van der Waals surface area contributed by atoms with Crippen molar-refractivity contribution in [1.29, 1.82) is 0 Å². The van der Waals surface area contributed by atoms with E-state index < -0.39 is 0 Å². The maximum atomic E-state index is 5.79. The predicted molar refractivity (Wildman–Crippen MR) is 81.7 cm³/mol. The van der Waals surface area contributed by atoms with Crippen LogP contribution < -0.4 is 5.73 Å². The van der Waals surface area contributed by atoms with E-state index in [1.54, 1.807) is 0 Å². The summed E-state index contributed by atoms with van der Waals surface area (Å²) in [7, 11) is 0. The van der Waals surface area contributed by atoms with Crippen LogP contribution in [0.2, 0.25) is 0 Å². The van der Waals surface area contributed by atoms with Gasteiger partial charge in [0.15, 0.2) is 0 Å². The SMILES string of the molecule is CC(C)(CCCN(CC1CC1)CC1CC1)C(N)=S. The highest BCUT2D eigenvalue weighted by Crippen LogP contribution is 2.34. The Morgan fingerprint density at radius 2 is 1.67 bits per heavy atom. The van der Waals surface area contributed by atoms with Gasteiger partial charge in [0.05, 0.1) is 4.99 Å². The van der Waals surface area contributed by atoms with Crippen molar-refractivity contribution in [3.05, 3.63) is 0 Å². The Hall–Kier alpha value is -0.150. The van der Waals surface area contributed by atoms with Gasteiger partial charge in [0, 0.05) is 18.5 Å². The van der Waals surface area contributed by atoms with Crippen molar-refractivity contribution in [3.63, 3.8) is 0 Å². The standard InChI is InChI=1S/C15H28N2S/c1-15(2,14(16)18)8-3-9-17(10-12-4-5-12)11-13-6-7-13/h12-13H,3-11H2,1-2H3,(H2,16,18). The summed E-state index contributed by atoms with van der Waals surface area (Å²) in [6.07, 6.45) is 8.18. The smallest absolute Gasteiger partial charge is 0.0784 e. The molecule has 0 unspecified atom stereocenters. The molecular formula is C15H28N2S. The lowest BCUT2D eigenvalue weighted by molar-refractivity contribution is 0.239. The van der Waals surface area contributed by atoms with E-state index in [1.165, 1.54) is 51.7 Å².